The number of hydrogen-bond donors (Lipinski definition) is 0. The highest BCUT2D eigenvalue weighted by atomic mass is 15.3. The van der Waals surface area contributed by atoms with Crippen LogP contribution in [-0.2, 0) is 6.54 Å². The quantitative estimate of drug-likeness (QED) is 0.860. The third kappa shape index (κ3) is 2.53. The van der Waals surface area contributed by atoms with E-state index in [0.717, 1.165) is 44.0 Å². The average molecular weight is 271 g/mol. The van der Waals surface area contributed by atoms with Gasteiger partial charge in [-0.15, -0.1) is 10.2 Å². The monoisotopic (exact) mass is 271 g/mol. The maximum Gasteiger partial charge on any atom is 0.136 e. The Balaban J connectivity index is 1.68. The second-order valence-electron chi connectivity index (χ2n) is 5.39. The molecular formula is C15H21N5. The van der Waals surface area contributed by atoms with Gasteiger partial charge in [0.2, 0.25) is 0 Å². The molecule has 0 unspecified atom stereocenters. The van der Waals surface area contributed by atoms with Gasteiger partial charge in [-0.1, -0.05) is 0 Å². The van der Waals surface area contributed by atoms with Gasteiger partial charge >= 0.3 is 0 Å². The van der Waals surface area contributed by atoms with Gasteiger partial charge in [0.15, 0.2) is 0 Å². The summed E-state index contributed by atoms with van der Waals surface area (Å²) in [6.45, 7) is 7.28. The lowest BCUT2D eigenvalue weighted by molar-refractivity contribution is 0.467. The zero-order chi connectivity index (χ0) is 13.9. The van der Waals surface area contributed by atoms with Gasteiger partial charge in [-0.3, -0.25) is 4.98 Å². The van der Waals surface area contributed by atoms with Crippen molar-refractivity contribution in [2.45, 2.75) is 39.2 Å². The van der Waals surface area contributed by atoms with Crippen LogP contribution in [0.4, 0.5) is 5.69 Å². The first-order valence-electron chi connectivity index (χ1n) is 7.33. The van der Waals surface area contributed by atoms with Crippen LogP contribution in [0.1, 0.15) is 37.2 Å². The normalized spacial score (nSPS) is 16.6. The van der Waals surface area contributed by atoms with Crippen LogP contribution >= 0.6 is 0 Å². The lowest BCUT2D eigenvalue weighted by Crippen LogP contribution is -2.33. The fraction of sp³-hybridized carbons (Fsp3) is 0.533. The minimum Gasteiger partial charge on any atom is -0.371 e. The molecule has 2 aromatic heterocycles. The highest BCUT2D eigenvalue weighted by Gasteiger charge is 2.24. The van der Waals surface area contributed by atoms with Crippen molar-refractivity contribution in [3.05, 3.63) is 36.2 Å². The Morgan fingerprint density at radius 2 is 2.10 bits per heavy atom. The molecule has 2 aromatic rings. The molecule has 0 aliphatic carbocycles. The zero-order valence-electron chi connectivity index (χ0n) is 12.2. The summed E-state index contributed by atoms with van der Waals surface area (Å²) >= 11 is 0. The molecule has 20 heavy (non-hydrogen) atoms. The summed E-state index contributed by atoms with van der Waals surface area (Å²) in [5.41, 5.74) is 2.36. The van der Waals surface area contributed by atoms with E-state index in [2.05, 4.69) is 43.7 Å². The molecule has 0 amide bonds. The third-order valence-electron chi connectivity index (χ3n) is 4.09. The Hall–Kier alpha value is -1.91. The minimum atomic E-state index is 0.539. The molecule has 106 valence electrons. The van der Waals surface area contributed by atoms with E-state index in [-0.39, 0.29) is 0 Å². The standard InChI is InChI=1S/C15H21N5/c1-3-19-11-17-18-15(19)13-5-8-20(9-6-13)14-4-7-16-12(2)10-14/h4,7,10-11,13H,3,5-6,8-9H2,1-2H3. The average Bonchev–Trinajstić information content (AvgIpc) is 2.96. The summed E-state index contributed by atoms with van der Waals surface area (Å²) in [6.07, 6.45) is 6.01. The summed E-state index contributed by atoms with van der Waals surface area (Å²) < 4.78 is 2.16. The second-order valence-corrected chi connectivity index (χ2v) is 5.39. The molecule has 0 saturated carbocycles. The van der Waals surface area contributed by atoms with Crippen molar-refractivity contribution in [2.24, 2.45) is 0 Å². The van der Waals surface area contributed by atoms with Crippen molar-refractivity contribution in [1.82, 2.24) is 19.7 Å². The highest BCUT2D eigenvalue weighted by molar-refractivity contribution is 5.46. The van der Waals surface area contributed by atoms with Crippen LogP contribution in [0.15, 0.2) is 24.7 Å². The molecule has 1 aliphatic heterocycles. The van der Waals surface area contributed by atoms with Gasteiger partial charge in [0, 0.05) is 43.1 Å². The number of aryl methyl sites for hydroxylation is 2. The number of aromatic nitrogens is 4. The fourth-order valence-electron chi connectivity index (χ4n) is 2.95. The molecule has 3 heterocycles. The second kappa shape index (κ2) is 5.61. The Kier molecular flexibility index (Phi) is 3.67. The van der Waals surface area contributed by atoms with Crippen molar-refractivity contribution < 1.29 is 0 Å². The number of rotatable bonds is 3. The van der Waals surface area contributed by atoms with Crippen LogP contribution in [0, 0.1) is 6.92 Å². The van der Waals surface area contributed by atoms with E-state index >= 15 is 0 Å². The van der Waals surface area contributed by atoms with Crippen LogP contribution in [0.2, 0.25) is 0 Å². The summed E-state index contributed by atoms with van der Waals surface area (Å²) in [5.74, 6) is 1.69. The van der Waals surface area contributed by atoms with E-state index in [1.165, 1.54) is 5.69 Å². The van der Waals surface area contributed by atoms with E-state index < -0.39 is 0 Å². The van der Waals surface area contributed by atoms with Crippen LogP contribution in [-0.4, -0.2) is 32.8 Å². The Morgan fingerprint density at radius 3 is 2.80 bits per heavy atom. The van der Waals surface area contributed by atoms with Crippen molar-refractivity contribution >= 4 is 5.69 Å². The van der Waals surface area contributed by atoms with Crippen molar-refractivity contribution in [2.75, 3.05) is 18.0 Å². The zero-order valence-corrected chi connectivity index (χ0v) is 12.2. The van der Waals surface area contributed by atoms with E-state index in [4.69, 9.17) is 0 Å². The Bertz CT molecular complexity index is 569. The van der Waals surface area contributed by atoms with Crippen molar-refractivity contribution in [1.29, 1.82) is 0 Å². The van der Waals surface area contributed by atoms with Crippen LogP contribution in [0.5, 0.6) is 0 Å². The van der Waals surface area contributed by atoms with Crippen LogP contribution in [0.3, 0.4) is 0 Å². The minimum absolute atomic E-state index is 0.539. The summed E-state index contributed by atoms with van der Waals surface area (Å²) in [7, 11) is 0. The van der Waals surface area contributed by atoms with Gasteiger partial charge in [0.25, 0.3) is 0 Å². The largest absolute Gasteiger partial charge is 0.371 e. The van der Waals surface area contributed by atoms with E-state index in [1.54, 1.807) is 0 Å². The van der Waals surface area contributed by atoms with Gasteiger partial charge in [-0.05, 0) is 38.8 Å². The maximum atomic E-state index is 4.31. The molecule has 0 N–H and O–H groups in total. The lowest BCUT2D eigenvalue weighted by Gasteiger charge is -2.33. The third-order valence-corrected chi connectivity index (χ3v) is 4.09. The van der Waals surface area contributed by atoms with E-state index in [9.17, 15) is 0 Å². The molecule has 3 rings (SSSR count). The molecule has 5 heteroatoms. The van der Waals surface area contributed by atoms with Gasteiger partial charge < -0.3 is 9.47 Å². The van der Waals surface area contributed by atoms with Gasteiger partial charge in [-0.25, -0.2) is 0 Å². The molecule has 1 fully saturated rings. The molecule has 0 aromatic carbocycles. The molecule has 1 aliphatic rings. The van der Waals surface area contributed by atoms with Crippen LogP contribution in [0.25, 0.3) is 0 Å². The van der Waals surface area contributed by atoms with Crippen molar-refractivity contribution in [3.63, 3.8) is 0 Å². The molecular weight excluding hydrogens is 250 g/mol. The maximum absolute atomic E-state index is 4.31. The molecule has 5 nitrogen and oxygen atoms in total. The van der Waals surface area contributed by atoms with Gasteiger partial charge in [0.1, 0.15) is 12.2 Å². The Labute approximate surface area is 119 Å². The van der Waals surface area contributed by atoms with Gasteiger partial charge in [-0.2, -0.15) is 0 Å². The van der Waals surface area contributed by atoms with E-state index in [1.807, 2.05) is 19.4 Å². The molecule has 0 spiro atoms. The van der Waals surface area contributed by atoms with E-state index in [0.29, 0.717) is 5.92 Å². The smallest absolute Gasteiger partial charge is 0.136 e. The molecule has 1 saturated heterocycles. The number of piperidine rings is 1. The van der Waals surface area contributed by atoms with Gasteiger partial charge in [0.05, 0.1) is 0 Å². The first kappa shape index (κ1) is 13.1. The first-order chi connectivity index (χ1) is 9.78. The number of hydrogen-bond acceptors (Lipinski definition) is 4. The molecule has 0 atom stereocenters. The summed E-state index contributed by atoms with van der Waals surface area (Å²) in [4.78, 5) is 6.71. The summed E-state index contributed by atoms with van der Waals surface area (Å²) in [5, 5.41) is 8.36. The first-order valence-corrected chi connectivity index (χ1v) is 7.33. The predicted molar refractivity (Wildman–Crippen MR) is 78.9 cm³/mol. The fourth-order valence-corrected chi connectivity index (χ4v) is 2.95. The van der Waals surface area contributed by atoms with Crippen molar-refractivity contribution in [3.8, 4) is 0 Å². The number of nitrogens with zero attached hydrogens (tertiary/aromatic N) is 5. The molecule has 0 bridgehead atoms. The summed E-state index contributed by atoms with van der Waals surface area (Å²) in [6, 6.07) is 4.26. The lowest BCUT2D eigenvalue weighted by atomic mass is 9.95. The number of anilines is 1. The Morgan fingerprint density at radius 1 is 1.30 bits per heavy atom. The highest BCUT2D eigenvalue weighted by Crippen LogP contribution is 2.29. The van der Waals surface area contributed by atoms with Crippen LogP contribution < -0.4 is 4.90 Å². The SMILES string of the molecule is CCn1cnnc1C1CCN(c2ccnc(C)c2)CC1. The number of pyridine rings is 1. The topological polar surface area (TPSA) is 46.8 Å². The predicted octanol–water partition coefficient (Wildman–Crippen LogP) is 2.39. The molecule has 0 radical (unpaired) electrons.